The van der Waals surface area contributed by atoms with Crippen molar-refractivity contribution in [2.24, 2.45) is 0 Å². The lowest BCUT2D eigenvalue weighted by molar-refractivity contribution is 0.355. The molecule has 0 heterocycles. The zero-order chi connectivity index (χ0) is 13.5. The van der Waals surface area contributed by atoms with Gasteiger partial charge in [0.05, 0.1) is 14.2 Å². The van der Waals surface area contributed by atoms with Crippen LogP contribution in [0.4, 0.5) is 0 Å². The summed E-state index contributed by atoms with van der Waals surface area (Å²) in [7, 11) is 3.29. The number of rotatable bonds is 5. The summed E-state index contributed by atoms with van der Waals surface area (Å²) in [5.74, 6) is 1.51. The second kappa shape index (κ2) is 6.64. The van der Waals surface area contributed by atoms with E-state index >= 15 is 0 Å². The maximum atomic E-state index is 5.28. The van der Waals surface area contributed by atoms with Crippen molar-refractivity contribution in [3.63, 3.8) is 0 Å². The third-order valence-electron chi connectivity index (χ3n) is 2.91. The van der Waals surface area contributed by atoms with Gasteiger partial charge in [-0.05, 0) is 29.7 Å². The summed E-state index contributed by atoms with van der Waals surface area (Å²) in [5, 5.41) is 0. The molecule has 0 atom stereocenters. The molecule has 0 spiro atoms. The number of allylic oxidation sites excluding steroid dienone is 1. The van der Waals surface area contributed by atoms with E-state index in [0.717, 1.165) is 23.5 Å². The van der Waals surface area contributed by atoms with E-state index in [1.165, 1.54) is 5.56 Å². The minimum Gasteiger partial charge on any atom is -0.493 e. The normalized spacial score (nSPS) is 10.6. The van der Waals surface area contributed by atoms with Crippen LogP contribution in [0.5, 0.6) is 11.5 Å². The predicted molar refractivity (Wildman–Crippen MR) is 78.7 cm³/mol. The van der Waals surface area contributed by atoms with Crippen molar-refractivity contribution in [2.45, 2.75) is 6.42 Å². The monoisotopic (exact) mass is 254 g/mol. The van der Waals surface area contributed by atoms with E-state index in [0.29, 0.717) is 0 Å². The quantitative estimate of drug-likeness (QED) is 0.804. The molecule has 0 aliphatic carbocycles. The van der Waals surface area contributed by atoms with Gasteiger partial charge < -0.3 is 9.47 Å². The van der Waals surface area contributed by atoms with E-state index in [1.54, 1.807) is 14.2 Å². The lowest BCUT2D eigenvalue weighted by Crippen LogP contribution is -1.90. The van der Waals surface area contributed by atoms with Gasteiger partial charge in [-0.2, -0.15) is 0 Å². The highest BCUT2D eigenvalue weighted by molar-refractivity contribution is 5.56. The van der Waals surface area contributed by atoms with E-state index in [-0.39, 0.29) is 0 Å². The average Bonchev–Trinajstić information content (AvgIpc) is 2.48. The third kappa shape index (κ3) is 3.62. The highest BCUT2D eigenvalue weighted by Crippen LogP contribution is 2.27. The zero-order valence-corrected chi connectivity index (χ0v) is 11.3. The minimum atomic E-state index is 0.753. The Kier molecular flexibility index (Phi) is 4.62. The molecule has 0 aliphatic heterocycles. The largest absolute Gasteiger partial charge is 0.493 e. The average molecular weight is 254 g/mol. The second-order valence-corrected chi connectivity index (χ2v) is 4.21. The molecule has 2 aromatic rings. The highest BCUT2D eigenvalue weighted by atomic mass is 16.5. The fourth-order valence-electron chi connectivity index (χ4n) is 1.90. The Balaban J connectivity index is 2.07. The standard InChI is InChI=1S/C17H18O2/c1-18-16-12-11-15(13-17(16)19-2)10-6-9-14-7-4-3-5-8-14/h3-8,10-13H,9H2,1-2H3/b10-6+. The molecule has 0 bridgehead atoms. The molecule has 2 rings (SSSR count). The first-order valence-corrected chi connectivity index (χ1v) is 6.26. The van der Waals surface area contributed by atoms with E-state index in [4.69, 9.17) is 9.47 Å². The SMILES string of the molecule is COc1ccc(/C=C/Cc2ccccc2)cc1OC. The molecule has 0 aliphatic rings. The Morgan fingerprint density at radius 2 is 1.63 bits per heavy atom. The molecule has 0 radical (unpaired) electrons. The summed E-state index contributed by atoms with van der Waals surface area (Å²) in [6.45, 7) is 0. The Hall–Kier alpha value is -2.22. The molecule has 0 amide bonds. The number of hydrogen-bond donors (Lipinski definition) is 0. The van der Waals surface area contributed by atoms with Gasteiger partial charge in [0.1, 0.15) is 0 Å². The predicted octanol–water partition coefficient (Wildman–Crippen LogP) is 3.96. The van der Waals surface area contributed by atoms with E-state index in [2.05, 4.69) is 36.4 Å². The van der Waals surface area contributed by atoms with E-state index in [1.807, 2.05) is 24.3 Å². The summed E-state index contributed by atoms with van der Waals surface area (Å²) < 4.78 is 10.5. The van der Waals surface area contributed by atoms with Crippen molar-refractivity contribution in [3.05, 3.63) is 65.7 Å². The van der Waals surface area contributed by atoms with Crippen LogP contribution in [-0.2, 0) is 6.42 Å². The van der Waals surface area contributed by atoms with Crippen molar-refractivity contribution in [1.82, 2.24) is 0 Å². The van der Waals surface area contributed by atoms with Crippen molar-refractivity contribution in [2.75, 3.05) is 14.2 Å². The van der Waals surface area contributed by atoms with Gasteiger partial charge >= 0.3 is 0 Å². The smallest absolute Gasteiger partial charge is 0.161 e. The van der Waals surface area contributed by atoms with Crippen LogP contribution >= 0.6 is 0 Å². The molecule has 0 unspecified atom stereocenters. The number of benzene rings is 2. The molecule has 19 heavy (non-hydrogen) atoms. The second-order valence-electron chi connectivity index (χ2n) is 4.21. The third-order valence-corrected chi connectivity index (χ3v) is 2.91. The fraction of sp³-hybridized carbons (Fsp3) is 0.176. The lowest BCUT2D eigenvalue weighted by atomic mass is 10.1. The molecule has 0 aromatic heterocycles. The van der Waals surface area contributed by atoms with Gasteiger partial charge in [0.15, 0.2) is 11.5 Å². The first-order valence-electron chi connectivity index (χ1n) is 6.26. The van der Waals surface area contributed by atoms with Crippen LogP contribution in [0.15, 0.2) is 54.6 Å². The van der Waals surface area contributed by atoms with Crippen molar-refractivity contribution in [3.8, 4) is 11.5 Å². The lowest BCUT2D eigenvalue weighted by Gasteiger charge is -2.07. The van der Waals surface area contributed by atoms with Gasteiger partial charge in [-0.3, -0.25) is 0 Å². The summed E-state index contributed by atoms with van der Waals surface area (Å²) in [6.07, 6.45) is 5.17. The summed E-state index contributed by atoms with van der Waals surface area (Å²) in [5.41, 5.74) is 2.41. The van der Waals surface area contributed by atoms with Crippen LogP contribution in [-0.4, -0.2) is 14.2 Å². The Labute approximate surface area is 114 Å². The van der Waals surface area contributed by atoms with Crippen molar-refractivity contribution >= 4 is 6.08 Å². The van der Waals surface area contributed by atoms with Crippen LogP contribution < -0.4 is 9.47 Å². The summed E-state index contributed by atoms with van der Waals surface area (Å²) in [4.78, 5) is 0. The molecule has 98 valence electrons. The summed E-state index contributed by atoms with van der Waals surface area (Å²) in [6, 6.07) is 16.3. The summed E-state index contributed by atoms with van der Waals surface area (Å²) >= 11 is 0. The van der Waals surface area contributed by atoms with Gasteiger partial charge in [-0.1, -0.05) is 48.6 Å². The van der Waals surface area contributed by atoms with Gasteiger partial charge in [-0.15, -0.1) is 0 Å². The maximum Gasteiger partial charge on any atom is 0.161 e. The first kappa shape index (κ1) is 13.2. The first-order chi connectivity index (χ1) is 9.33. The fourth-order valence-corrected chi connectivity index (χ4v) is 1.90. The maximum absolute atomic E-state index is 5.28. The molecular formula is C17H18O2. The molecule has 2 aromatic carbocycles. The van der Waals surface area contributed by atoms with Gasteiger partial charge in [0.25, 0.3) is 0 Å². The number of ether oxygens (including phenoxy) is 2. The Morgan fingerprint density at radius 1 is 0.895 bits per heavy atom. The molecule has 2 heteroatoms. The van der Waals surface area contributed by atoms with Crippen LogP contribution in [0.25, 0.3) is 6.08 Å². The van der Waals surface area contributed by atoms with Crippen molar-refractivity contribution in [1.29, 1.82) is 0 Å². The molecule has 2 nitrogen and oxygen atoms in total. The molecule has 0 saturated heterocycles. The topological polar surface area (TPSA) is 18.5 Å². The van der Waals surface area contributed by atoms with Gasteiger partial charge in [-0.25, -0.2) is 0 Å². The van der Waals surface area contributed by atoms with Crippen LogP contribution in [0.2, 0.25) is 0 Å². The highest BCUT2D eigenvalue weighted by Gasteiger charge is 2.02. The number of hydrogen-bond acceptors (Lipinski definition) is 2. The number of methoxy groups -OCH3 is 2. The van der Waals surface area contributed by atoms with E-state index < -0.39 is 0 Å². The van der Waals surface area contributed by atoms with E-state index in [9.17, 15) is 0 Å². The van der Waals surface area contributed by atoms with Gasteiger partial charge in [0, 0.05) is 0 Å². The van der Waals surface area contributed by atoms with Crippen molar-refractivity contribution < 1.29 is 9.47 Å². The molecular weight excluding hydrogens is 236 g/mol. The van der Waals surface area contributed by atoms with Gasteiger partial charge in [0.2, 0.25) is 0 Å². The van der Waals surface area contributed by atoms with Crippen LogP contribution in [0, 0.1) is 0 Å². The zero-order valence-electron chi connectivity index (χ0n) is 11.3. The van der Waals surface area contributed by atoms with Crippen LogP contribution in [0.1, 0.15) is 11.1 Å². The molecule has 0 fully saturated rings. The minimum absolute atomic E-state index is 0.753. The Bertz CT molecular complexity index is 544. The Morgan fingerprint density at radius 3 is 2.32 bits per heavy atom. The molecule has 0 saturated carbocycles. The molecule has 0 N–H and O–H groups in total. The van der Waals surface area contributed by atoms with Crippen LogP contribution in [0.3, 0.4) is 0 Å².